The first-order valence-electron chi connectivity index (χ1n) is 6.44. The summed E-state index contributed by atoms with van der Waals surface area (Å²) in [5.41, 5.74) is 0.663. The number of rotatable bonds is 3. The first-order valence-corrected chi connectivity index (χ1v) is 7.26. The third kappa shape index (κ3) is 2.12. The van der Waals surface area contributed by atoms with E-state index in [0.717, 1.165) is 24.0 Å². The second kappa shape index (κ2) is 4.90. The second-order valence-corrected chi connectivity index (χ2v) is 5.56. The number of ether oxygens (including phenoxy) is 1. The van der Waals surface area contributed by atoms with E-state index in [-0.39, 0.29) is 17.2 Å². The van der Waals surface area contributed by atoms with E-state index in [0.29, 0.717) is 11.6 Å². The molecule has 7 heteroatoms. The van der Waals surface area contributed by atoms with Gasteiger partial charge in [-0.2, -0.15) is 4.98 Å². The lowest BCUT2D eigenvalue weighted by atomic mass is 10.2. The van der Waals surface area contributed by atoms with Crippen LogP contribution in [0.2, 0.25) is 0 Å². The molecule has 2 unspecified atom stereocenters. The smallest absolute Gasteiger partial charge is 0.311 e. The number of fused-ring (bicyclic) bond motifs is 1. The zero-order valence-electron chi connectivity index (χ0n) is 10.9. The maximum atomic E-state index is 12.1. The molecule has 0 radical (unpaired) electrons. The van der Waals surface area contributed by atoms with Crippen LogP contribution in [0.5, 0.6) is 0 Å². The van der Waals surface area contributed by atoms with Crippen LogP contribution >= 0.6 is 11.3 Å². The van der Waals surface area contributed by atoms with Gasteiger partial charge in [0.1, 0.15) is 6.23 Å². The molecule has 0 saturated carbocycles. The summed E-state index contributed by atoms with van der Waals surface area (Å²) >= 11 is 1.17. The fourth-order valence-corrected chi connectivity index (χ4v) is 3.22. The van der Waals surface area contributed by atoms with Crippen LogP contribution in [0.4, 0.5) is 5.95 Å². The molecule has 1 aliphatic rings. The number of nitrogens with zero attached hydrogens (tertiary/aromatic N) is 3. The Morgan fingerprint density at radius 1 is 1.58 bits per heavy atom. The summed E-state index contributed by atoms with van der Waals surface area (Å²) < 4.78 is 8.37. The molecule has 1 N–H and O–H groups in total. The van der Waals surface area contributed by atoms with Crippen molar-refractivity contribution in [2.24, 2.45) is 0 Å². The predicted octanol–water partition coefficient (Wildman–Crippen LogP) is 1.98. The molecule has 2 aromatic rings. The van der Waals surface area contributed by atoms with Gasteiger partial charge in [-0.15, -0.1) is 0 Å². The van der Waals surface area contributed by atoms with Gasteiger partial charge in [0.25, 0.3) is 0 Å². The van der Waals surface area contributed by atoms with Gasteiger partial charge in [-0.1, -0.05) is 18.3 Å². The van der Waals surface area contributed by atoms with Crippen molar-refractivity contribution in [3.63, 3.8) is 0 Å². The van der Waals surface area contributed by atoms with Gasteiger partial charge in [-0.25, -0.2) is 4.98 Å². The van der Waals surface area contributed by atoms with E-state index >= 15 is 0 Å². The standard InChI is InChI=1S/C12H16N4O2S/c1-3-7-4-5-9(18-7)16-10-8(19-12(16)17)6-14-11(13-2)15-10/h6-7,9H,3-5H2,1-2H3,(H,13,14,15). The third-order valence-electron chi connectivity index (χ3n) is 3.41. The molecule has 6 nitrogen and oxygen atoms in total. The molecular weight excluding hydrogens is 264 g/mol. The van der Waals surface area contributed by atoms with Crippen LogP contribution in [0, 0.1) is 0 Å². The number of nitrogens with one attached hydrogen (secondary N) is 1. The van der Waals surface area contributed by atoms with E-state index in [9.17, 15) is 4.79 Å². The van der Waals surface area contributed by atoms with Gasteiger partial charge in [0.05, 0.1) is 17.0 Å². The molecule has 1 aliphatic heterocycles. The lowest BCUT2D eigenvalue weighted by Gasteiger charge is -2.13. The SMILES string of the molecule is CCC1CCC(n2c(=O)sc3cnc(NC)nc32)O1. The third-order valence-corrected chi connectivity index (χ3v) is 4.29. The van der Waals surface area contributed by atoms with Crippen molar-refractivity contribution in [3.05, 3.63) is 15.9 Å². The number of hydrogen-bond acceptors (Lipinski definition) is 6. The monoisotopic (exact) mass is 280 g/mol. The van der Waals surface area contributed by atoms with E-state index in [4.69, 9.17) is 4.74 Å². The average molecular weight is 280 g/mol. The Morgan fingerprint density at radius 3 is 3.11 bits per heavy atom. The minimum Gasteiger partial charge on any atom is -0.357 e. The van der Waals surface area contributed by atoms with Crippen molar-refractivity contribution < 1.29 is 4.74 Å². The lowest BCUT2D eigenvalue weighted by Crippen LogP contribution is -2.20. The maximum Gasteiger partial charge on any atom is 0.311 e. The highest BCUT2D eigenvalue weighted by Gasteiger charge is 2.28. The van der Waals surface area contributed by atoms with E-state index < -0.39 is 0 Å². The van der Waals surface area contributed by atoms with Gasteiger partial charge >= 0.3 is 4.87 Å². The molecule has 19 heavy (non-hydrogen) atoms. The summed E-state index contributed by atoms with van der Waals surface area (Å²) in [6.07, 6.45) is 4.58. The first kappa shape index (κ1) is 12.6. The van der Waals surface area contributed by atoms with Gasteiger partial charge in [-0.05, 0) is 19.3 Å². The van der Waals surface area contributed by atoms with Crippen molar-refractivity contribution in [3.8, 4) is 0 Å². The van der Waals surface area contributed by atoms with Crippen molar-refractivity contribution >= 4 is 27.6 Å². The van der Waals surface area contributed by atoms with Crippen LogP contribution in [-0.2, 0) is 4.74 Å². The summed E-state index contributed by atoms with van der Waals surface area (Å²) in [5.74, 6) is 0.518. The summed E-state index contributed by atoms with van der Waals surface area (Å²) in [6, 6.07) is 0. The Bertz CT molecular complexity index is 651. The molecule has 102 valence electrons. The Labute approximate surface area is 114 Å². The maximum absolute atomic E-state index is 12.1. The van der Waals surface area contributed by atoms with Gasteiger partial charge in [0.15, 0.2) is 5.65 Å². The summed E-state index contributed by atoms with van der Waals surface area (Å²) in [4.78, 5) is 20.6. The quantitative estimate of drug-likeness (QED) is 0.931. The summed E-state index contributed by atoms with van der Waals surface area (Å²) in [5, 5.41) is 2.89. The van der Waals surface area contributed by atoms with E-state index in [2.05, 4.69) is 22.2 Å². The number of anilines is 1. The number of thiazole rings is 1. The van der Waals surface area contributed by atoms with Crippen LogP contribution in [0.25, 0.3) is 10.3 Å². The predicted molar refractivity (Wildman–Crippen MR) is 74.7 cm³/mol. The van der Waals surface area contributed by atoms with Gasteiger partial charge < -0.3 is 10.1 Å². The van der Waals surface area contributed by atoms with Crippen molar-refractivity contribution in [2.75, 3.05) is 12.4 Å². The molecule has 1 saturated heterocycles. The highest BCUT2D eigenvalue weighted by molar-refractivity contribution is 7.16. The zero-order chi connectivity index (χ0) is 13.4. The van der Waals surface area contributed by atoms with Crippen LogP contribution in [-0.4, -0.2) is 27.7 Å². The highest BCUT2D eigenvalue weighted by atomic mass is 32.1. The van der Waals surface area contributed by atoms with E-state index in [1.165, 1.54) is 11.3 Å². The first-order chi connectivity index (χ1) is 9.22. The summed E-state index contributed by atoms with van der Waals surface area (Å²) in [7, 11) is 1.76. The molecule has 2 aromatic heterocycles. The topological polar surface area (TPSA) is 69.0 Å². The Hall–Kier alpha value is -1.47. The fraction of sp³-hybridized carbons (Fsp3) is 0.583. The lowest BCUT2D eigenvalue weighted by molar-refractivity contribution is 0.00199. The van der Waals surface area contributed by atoms with Gasteiger partial charge in [0, 0.05) is 7.05 Å². The largest absolute Gasteiger partial charge is 0.357 e. The highest BCUT2D eigenvalue weighted by Crippen LogP contribution is 2.31. The molecule has 0 amide bonds. The van der Waals surface area contributed by atoms with E-state index in [1.54, 1.807) is 17.8 Å². The van der Waals surface area contributed by atoms with Crippen molar-refractivity contribution in [2.45, 2.75) is 38.5 Å². The molecular formula is C12H16N4O2S. The van der Waals surface area contributed by atoms with Crippen LogP contribution in [0.3, 0.4) is 0 Å². The average Bonchev–Trinajstić information content (AvgIpc) is 3.00. The van der Waals surface area contributed by atoms with Crippen LogP contribution in [0.15, 0.2) is 11.0 Å². The molecule has 0 spiro atoms. The minimum absolute atomic E-state index is 0.0284. The molecule has 0 aromatic carbocycles. The Morgan fingerprint density at radius 2 is 2.42 bits per heavy atom. The van der Waals surface area contributed by atoms with Crippen LogP contribution < -0.4 is 10.2 Å². The molecule has 0 aliphatic carbocycles. The minimum atomic E-state index is -0.189. The molecule has 0 bridgehead atoms. The molecule has 3 rings (SSSR count). The van der Waals surface area contributed by atoms with Gasteiger partial charge in [0.2, 0.25) is 5.95 Å². The Kier molecular flexibility index (Phi) is 3.24. The van der Waals surface area contributed by atoms with Crippen molar-refractivity contribution in [1.29, 1.82) is 0 Å². The zero-order valence-corrected chi connectivity index (χ0v) is 11.7. The number of hydrogen-bond donors (Lipinski definition) is 1. The summed E-state index contributed by atoms with van der Waals surface area (Å²) in [6.45, 7) is 2.10. The second-order valence-electron chi connectivity index (χ2n) is 4.57. The normalized spacial score (nSPS) is 23.1. The van der Waals surface area contributed by atoms with Gasteiger partial charge in [-0.3, -0.25) is 9.36 Å². The Balaban J connectivity index is 2.07. The van der Waals surface area contributed by atoms with E-state index in [1.807, 2.05) is 0 Å². The fourth-order valence-electron chi connectivity index (χ4n) is 2.39. The molecule has 2 atom stereocenters. The number of aromatic nitrogens is 3. The van der Waals surface area contributed by atoms with Crippen LogP contribution in [0.1, 0.15) is 32.4 Å². The molecule has 1 fully saturated rings. The molecule has 3 heterocycles. The van der Waals surface area contributed by atoms with Crippen molar-refractivity contribution in [1.82, 2.24) is 14.5 Å².